The molecule has 0 bridgehead atoms. The van der Waals surface area contributed by atoms with Gasteiger partial charge in [0.05, 0.1) is 12.6 Å². The van der Waals surface area contributed by atoms with E-state index in [1.54, 1.807) is 18.7 Å². The summed E-state index contributed by atoms with van der Waals surface area (Å²) in [7, 11) is 0. The van der Waals surface area contributed by atoms with Gasteiger partial charge in [-0.2, -0.15) is 11.8 Å². The molecule has 3 N–H and O–H groups in total. The van der Waals surface area contributed by atoms with E-state index in [0.717, 1.165) is 17.0 Å². The predicted molar refractivity (Wildman–Crippen MR) is 123 cm³/mol. The van der Waals surface area contributed by atoms with Crippen molar-refractivity contribution >= 4 is 52.5 Å². The standard InChI is InChI=1S/C20H31Cl2N3O3S/c1-3-28-20(27)18(7-12-29-2)24-19(26)17(23)14-15-5-4-6-16(13-15)25(10-8-21)11-9-22/h4-6,13,17-18H,3,7-12,14,23H2,1-2H3,(H,24,26)/t17-,18-/m0/s1. The fraction of sp³-hybridized carbons (Fsp3) is 0.600. The molecule has 0 aliphatic carbocycles. The number of nitrogens with two attached hydrogens (primary N) is 1. The topological polar surface area (TPSA) is 84.7 Å². The molecule has 1 aromatic carbocycles. The van der Waals surface area contributed by atoms with Gasteiger partial charge in [-0.15, -0.1) is 23.2 Å². The maximum Gasteiger partial charge on any atom is 0.328 e. The number of anilines is 1. The molecule has 0 saturated heterocycles. The highest BCUT2D eigenvalue weighted by atomic mass is 35.5. The van der Waals surface area contributed by atoms with Gasteiger partial charge in [0.25, 0.3) is 0 Å². The van der Waals surface area contributed by atoms with E-state index in [-0.39, 0.29) is 12.5 Å². The van der Waals surface area contributed by atoms with Gasteiger partial charge in [-0.25, -0.2) is 4.79 Å². The van der Waals surface area contributed by atoms with E-state index in [9.17, 15) is 9.59 Å². The Morgan fingerprint density at radius 2 is 1.97 bits per heavy atom. The zero-order valence-corrected chi connectivity index (χ0v) is 19.4. The van der Waals surface area contributed by atoms with Gasteiger partial charge in [-0.1, -0.05) is 12.1 Å². The number of benzene rings is 1. The first kappa shape index (κ1) is 25.9. The summed E-state index contributed by atoms with van der Waals surface area (Å²) < 4.78 is 5.06. The van der Waals surface area contributed by atoms with Crippen LogP contribution >= 0.6 is 35.0 Å². The van der Waals surface area contributed by atoms with Crippen LogP contribution in [0.25, 0.3) is 0 Å². The second-order valence-corrected chi connectivity index (χ2v) is 8.18. The van der Waals surface area contributed by atoms with Gasteiger partial charge in [0.2, 0.25) is 5.91 Å². The molecule has 0 aliphatic heterocycles. The second kappa shape index (κ2) is 14.8. The zero-order chi connectivity index (χ0) is 21.6. The minimum atomic E-state index is -0.772. The molecule has 2 atom stereocenters. The Labute approximate surface area is 187 Å². The smallest absolute Gasteiger partial charge is 0.328 e. The number of carbonyl (C=O) groups excluding carboxylic acids is 2. The number of halogens is 2. The van der Waals surface area contributed by atoms with Crippen LogP contribution in [0.5, 0.6) is 0 Å². The first-order chi connectivity index (χ1) is 14.0. The van der Waals surface area contributed by atoms with Gasteiger partial charge >= 0.3 is 5.97 Å². The van der Waals surface area contributed by atoms with E-state index < -0.39 is 18.1 Å². The number of amides is 1. The third kappa shape index (κ3) is 9.47. The number of hydrogen-bond acceptors (Lipinski definition) is 6. The van der Waals surface area contributed by atoms with Gasteiger partial charge in [0.1, 0.15) is 6.04 Å². The third-order valence-electron chi connectivity index (χ3n) is 4.28. The maximum atomic E-state index is 12.6. The van der Waals surface area contributed by atoms with Crippen molar-refractivity contribution in [3.63, 3.8) is 0 Å². The van der Waals surface area contributed by atoms with E-state index in [4.69, 9.17) is 33.7 Å². The summed E-state index contributed by atoms with van der Waals surface area (Å²) in [6, 6.07) is 6.36. The molecule has 0 aromatic heterocycles. The van der Waals surface area contributed by atoms with Gasteiger partial charge < -0.3 is 20.7 Å². The highest BCUT2D eigenvalue weighted by Crippen LogP contribution is 2.17. The highest BCUT2D eigenvalue weighted by molar-refractivity contribution is 7.98. The molecule has 6 nitrogen and oxygen atoms in total. The molecule has 164 valence electrons. The lowest BCUT2D eigenvalue weighted by atomic mass is 10.0. The lowest BCUT2D eigenvalue weighted by Crippen LogP contribution is -2.49. The normalized spacial score (nSPS) is 12.9. The molecule has 0 fully saturated rings. The van der Waals surface area contributed by atoms with Crippen molar-refractivity contribution in [1.82, 2.24) is 5.32 Å². The maximum absolute atomic E-state index is 12.6. The first-order valence-corrected chi connectivity index (χ1v) is 12.1. The van der Waals surface area contributed by atoms with E-state index in [1.807, 2.05) is 30.5 Å². The minimum Gasteiger partial charge on any atom is -0.464 e. The van der Waals surface area contributed by atoms with Gasteiger partial charge in [0, 0.05) is 30.5 Å². The van der Waals surface area contributed by atoms with Crippen LogP contribution in [0.2, 0.25) is 0 Å². The number of nitrogens with one attached hydrogen (secondary N) is 1. The van der Waals surface area contributed by atoms with E-state index in [1.165, 1.54) is 0 Å². The van der Waals surface area contributed by atoms with Gasteiger partial charge in [-0.05, 0) is 49.5 Å². The number of rotatable bonds is 14. The van der Waals surface area contributed by atoms with Crippen LogP contribution in [0.15, 0.2) is 24.3 Å². The number of esters is 1. The molecule has 0 radical (unpaired) electrons. The average Bonchev–Trinajstić information content (AvgIpc) is 2.71. The monoisotopic (exact) mass is 463 g/mol. The Hall–Kier alpha value is -1.15. The number of hydrogen-bond donors (Lipinski definition) is 2. The Morgan fingerprint density at radius 3 is 2.55 bits per heavy atom. The largest absolute Gasteiger partial charge is 0.464 e. The summed E-state index contributed by atoms with van der Waals surface area (Å²) in [6.45, 7) is 3.37. The molecule has 29 heavy (non-hydrogen) atoms. The lowest BCUT2D eigenvalue weighted by molar-refractivity contribution is -0.147. The Morgan fingerprint density at radius 1 is 1.28 bits per heavy atom. The second-order valence-electron chi connectivity index (χ2n) is 6.44. The van der Waals surface area contributed by atoms with Crippen molar-refractivity contribution in [1.29, 1.82) is 0 Å². The molecule has 0 heterocycles. The van der Waals surface area contributed by atoms with Crippen LogP contribution in [0.1, 0.15) is 18.9 Å². The quantitative estimate of drug-likeness (QED) is 0.325. The lowest BCUT2D eigenvalue weighted by Gasteiger charge is -2.24. The zero-order valence-electron chi connectivity index (χ0n) is 17.0. The van der Waals surface area contributed by atoms with Crippen molar-refractivity contribution < 1.29 is 14.3 Å². The molecule has 1 aromatic rings. The van der Waals surface area contributed by atoms with Crippen molar-refractivity contribution in [3.05, 3.63) is 29.8 Å². The number of ether oxygens (including phenoxy) is 1. The van der Waals surface area contributed by atoms with Gasteiger partial charge in [0.15, 0.2) is 0 Å². The van der Waals surface area contributed by atoms with Crippen LogP contribution in [-0.4, -0.2) is 67.4 Å². The van der Waals surface area contributed by atoms with Crippen LogP contribution < -0.4 is 16.0 Å². The van der Waals surface area contributed by atoms with Crippen LogP contribution in [0.4, 0.5) is 5.69 Å². The van der Waals surface area contributed by atoms with Crippen molar-refractivity contribution in [2.24, 2.45) is 5.73 Å². The van der Waals surface area contributed by atoms with E-state index in [2.05, 4.69) is 10.2 Å². The average molecular weight is 464 g/mol. The Bertz CT molecular complexity index is 631. The molecule has 0 spiro atoms. The fourth-order valence-corrected chi connectivity index (χ4v) is 3.69. The molecule has 1 amide bonds. The SMILES string of the molecule is CCOC(=O)[C@H](CCSC)NC(=O)[C@@H](N)Cc1cccc(N(CCCl)CCCl)c1. The fourth-order valence-electron chi connectivity index (χ4n) is 2.81. The minimum absolute atomic E-state index is 0.268. The Kier molecular flexibility index (Phi) is 13.2. The van der Waals surface area contributed by atoms with Crippen LogP contribution in [-0.2, 0) is 20.7 Å². The number of thioether (sulfide) groups is 1. The van der Waals surface area contributed by atoms with Gasteiger partial charge in [-0.3, -0.25) is 4.79 Å². The molecular weight excluding hydrogens is 433 g/mol. The Balaban J connectivity index is 2.77. The summed E-state index contributed by atoms with van der Waals surface area (Å²) in [6.07, 6.45) is 2.80. The predicted octanol–water partition coefficient (Wildman–Crippen LogP) is 2.64. The van der Waals surface area contributed by atoms with E-state index in [0.29, 0.717) is 37.7 Å². The summed E-state index contributed by atoms with van der Waals surface area (Å²) in [5, 5.41) is 2.74. The molecule has 0 saturated carbocycles. The molecular formula is C20H31Cl2N3O3S. The van der Waals surface area contributed by atoms with Crippen LogP contribution in [0, 0.1) is 0 Å². The molecule has 9 heteroatoms. The summed E-state index contributed by atoms with van der Waals surface area (Å²) in [5.74, 6) is 0.926. The number of alkyl halides is 2. The summed E-state index contributed by atoms with van der Waals surface area (Å²) in [4.78, 5) is 26.7. The van der Waals surface area contributed by atoms with Crippen LogP contribution in [0.3, 0.4) is 0 Å². The van der Waals surface area contributed by atoms with Crippen molar-refractivity contribution in [2.75, 3.05) is 48.4 Å². The molecule has 1 rings (SSSR count). The molecule has 0 aliphatic rings. The number of carbonyl (C=O) groups is 2. The summed E-state index contributed by atoms with van der Waals surface area (Å²) >= 11 is 13.4. The van der Waals surface area contributed by atoms with Crippen molar-refractivity contribution in [2.45, 2.75) is 31.8 Å². The first-order valence-electron chi connectivity index (χ1n) is 9.64. The third-order valence-corrected chi connectivity index (χ3v) is 5.26. The summed E-state index contributed by atoms with van der Waals surface area (Å²) in [5.41, 5.74) is 8.03. The van der Waals surface area contributed by atoms with E-state index >= 15 is 0 Å². The molecule has 0 unspecified atom stereocenters. The number of nitrogens with zero attached hydrogens (tertiary/aromatic N) is 1. The van der Waals surface area contributed by atoms with Crippen molar-refractivity contribution in [3.8, 4) is 0 Å². The highest BCUT2D eigenvalue weighted by Gasteiger charge is 2.24.